The summed E-state index contributed by atoms with van der Waals surface area (Å²) in [6.45, 7) is 3.84. The highest BCUT2D eigenvalue weighted by molar-refractivity contribution is 5.80. The van der Waals surface area contributed by atoms with Gasteiger partial charge in [0.25, 0.3) is 0 Å². The van der Waals surface area contributed by atoms with Crippen molar-refractivity contribution in [2.24, 2.45) is 0 Å². The summed E-state index contributed by atoms with van der Waals surface area (Å²) in [6.07, 6.45) is 5.77. The minimum absolute atomic E-state index is 0.0990. The van der Waals surface area contributed by atoms with Crippen LogP contribution in [0.15, 0.2) is 18.3 Å². The van der Waals surface area contributed by atoms with E-state index in [0.717, 1.165) is 26.1 Å². The normalized spacial score (nSPS) is 26.8. The lowest BCUT2D eigenvalue weighted by Gasteiger charge is -2.23. The smallest absolute Gasteiger partial charge is 0.150 e. The van der Waals surface area contributed by atoms with E-state index in [9.17, 15) is 0 Å². The molecule has 2 aliphatic rings. The van der Waals surface area contributed by atoms with Gasteiger partial charge in [0.2, 0.25) is 0 Å². The second kappa shape index (κ2) is 4.32. The Morgan fingerprint density at radius 1 is 1.26 bits per heavy atom. The fraction of sp³-hybridized carbons (Fsp3) is 0.533. The Kier molecular flexibility index (Phi) is 2.60. The number of aryl methyl sites for hydroxylation is 1. The number of aromatic nitrogens is 2. The van der Waals surface area contributed by atoms with Gasteiger partial charge in [-0.2, -0.15) is 5.10 Å². The zero-order valence-corrected chi connectivity index (χ0v) is 11.1. The molecule has 0 saturated carbocycles. The van der Waals surface area contributed by atoms with Gasteiger partial charge in [-0.05, 0) is 49.4 Å². The number of ether oxygens (including phenoxy) is 2. The maximum absolute atomic E-state index is 5.85. The molecule has 2 aliphatic heterocycles. The molecule has 4 rings (SSSR count). The maximum Gasteiger partial charge on any atom is 0.150 e. The van der Waals surface area contributed by atoms with E-state index in [-0.39, 0.29) is 6.23 Å². The molecule has 0 N–H and O–H groups in total. The fourth-order valence-electron chi connectivity index (χ4n) is 2.94. The van der Waals surface area contributed by atoms with E-state index < -0.39 is 0 Å². The number of fused-ring (bicyclic) bond motifs is 1. The fourth-order valence-corrected chi connectivity index (χ4v) is 2.94. The second-order valence-corrected chi connectivity index (χ2v) is 5.50. The van der Waals surface area contributed by atoms with Crippen LogP contribution in [0, 0.1) is 6.92 Å². The molecule has 0 bridgehead atoms. The van der Waals surface area contributed by atoms with Crippen LogP contribution in [0.2, 0.25) is 0 Å². The average molecular weight is 258 g/mol. The van der Waals surface area contributed by atoms with Gasteiger partial charge >= 0.3 is 0 Å². The van der Waals surface area contributed by atoms with Crippen LogP contribution in [0.25, 0.3) is 10.9 Å². The molecule has 3 heterocycles. The molecule has 4 heteroatoms. The van der Waals surface area contributed by atoms with Crippen molar-refractivity contribution in [2.75, 3.05) is 13.2 Å². The molecule has 2 fully saturated rings. The third kappa shape index (κ3) is 1.95. The van der Waals surface area contributed by atoms with Gasteiger partial charge in [-0.1, -0.05) is 0 Å². The van der Waals surface area contributed by atoms with Crippen LogP contribution in [0.5, 0.6) is 0 Å². The molecule has 0 radical (unpaired) electrons. The number of epoxide rings is 1. The van der Waals surface area contributed by atoms with Gasteiger partial charge in [-0.15, -0.1) is 0 Å². The molecule has 0 amide bonds. The largest absolute Gasteiger partial charge is 0.368 e. The minimum atomic E-state index is 0.0990. The van der Waals surface area contributed by atoms with Crippen molar-refractivity contribution in [3.8, 4) is 0 Å². The Labute approximate surface area is 112 Å². The van der Waals surface area contributed by atoms with Gasteiger partial charge in [0.15, 0.2) is 6.23 Å². The first kappa shape index (κ1) is 11.4. The molecule has 4 nitrogen and oxygen atoms in total. The predicted octanol–water partition coefficient (Wildman–Crippen LogP) is 3.12. The second-order valence-electron chi connectivity index (χ2n) is 5.50. The number of rotatable bonds is 2. The monoisotopic (exact) mass is 258 g/mol. The molecular formula is C15H18N2O2. The highest BCUT2D eigenvalue weighted by atomic mass is 16.6. The number of benzene rings is 1. The van der Waals surface area contributed by atoms with Crippen molar-refractivity contribution in [1.82, 2.24) is 9.78 Å². The summed E-state index contributed by atoms with van der Waals surface area (Å²) in [5, 5.41) is 5.72. The lowest BCUT2D eigenvalue weighted by Crippen LogP contribution is -2.19. The molecule has 2 saturated heterocycles. The van der Waals surface area contributed by atoms with Gasteiger partial charge in [-0.3, -0.25) is 0 Å². The van der Waals surface area contributed by atoms with E-state index in [1.165, 1.54) is 28.5 Å². The molecule has 2 unspecified atom stereocenters. The van der Waals surface area contributed by atoms with E-state index >= 15 is 0 Å². The van der Waals surface area contributed by atoms with Gasteiger partial charge in [0, 0.05) is 12.0 Å². The van der Waals surface area contributed by atoms with Crippen LogP contribution >= 0.6 is 0 Å². The van der Waals surface area contributed by atoms with Crippen molar-refractivity contribution < 1.29 is 9.47 Å². The number of nitrogens with zero attached hydrogens (tertiary/aromatic N) is 2. The first-order chi connectivity index (χ1) is 9.33. The molecule has 0 spiro atoms. The van der Waals surface area contributed by atoms with E-state index in [0.29, 0.717) is 6.10 Å². The van der Waals surface area contributed by atoms with Crippen molar-refractivity contribution in [2.45, 2.75) is 38.5 Å². The Bertz CT molecular complexity index is 610. The van der Waals surface area contributed by atoms with Crippen LogP contribution in [0.1, 0.15) is 42.7 Å². The third-order valence-corrected chi connectivity index (χ3v) is 4.09. The van der Waals surface area contributed by atoms with Crippen LogP contribution in [0.3, 0.4) is 0 Å². The Hall–Kier alpha value is -1.39. The molecule has 1 aromatic carbocycles. The molecule has 0 aliphatic carbocycles. The molecule has 1 aromatic heterocycles. The minimum Gasteiger partial charge on any atom is -0.368 e. The Morgan fingerprint density at radius 3 is 2.89 bits per heavy atom. The summed E-state index contributed by atoms with van der Waals surface area (Å²) in [7, 11) is 0. The average Bonchev–Trinajstić information content (AvgIpc) is 3.20. The van der Waals surface area contributed by atoms with Gasteiger partial charge < -0.3 is 9.47 Å². The topological polar surface area (TPSA) is 39.6 Å². The highest BCUT2D eigenvalue weighted by Gasteiger charge is 2.28. The molecule has 100 valence electrons. The summed E-state index contributed by atoms with van der Waals surface area (Å²) in [5.74, 6) is 0. The van der Waals surface area contributed by atoms with Gasteiger partial charge in [0.1, 0.15) is 6.10 Å². The summed E-state index contributed by atoms with van der Waals surface area (Å²) < 4.78 is 13.3. The van der Waals surface area contributed by atoms with Gasteiger partial charge in [0.05, 0.1) is 18.3 Å². The summed E-state index contributed by atoms with van der Waals surface area (Å²) in [4.78, 5) is 0. The first-order valence-electron chi connectivity index (χ1n) is 7.04. The molecule has 19 heavy (non-hydrogen) atoms. The lowest BCUT2D eigenvalue weighted by molar-refractivity contribution is -0.0366. The molecule has 2 atom stereocenters. The summed E-state index contributed by atoms with van der Waals surface area (Å²) in [5.41, 5.74) is 3.76. The molecular weight excluding hydrogens is 240 g/mol. The maximum atomic E-state index is 5.85. The van der Waals surface area contributed by atoms with Crippen molar-refractivity contribution in [1.29, 1.82) is 0 Å². The van der Waals surface area contributed by atoms with E-state index in [1.807, 2.05) is 10.9 Å². The SMILES string of the molecule is Cc1cc2cnn(C3CCCCO3)c2cc1C1CO1. The molecule has 2 aromatic rings. The van der Waals surface area contributed by atoms with E-state index in [1.54, 1.807) is 0 Å². The zero-order valence-electron chi connectivity index (χ0n) is 11.1. The van der Waals surface area contributed by atoms with E-state index in [2.05, 4.69) is 24.2 Å². The quantitative estimate of drug-likeness (QED) is 0.777. The summed E-state index contributed by atoms with van der Waals surface area (Å²) >= 11 is 0. The Morgan fingerprint density at radius 2 is 2.16 bits per heavy atom. The van der Waals surface area contributed by atoms with Crippen molar-refractivity contribution in [3.63, 3.8) is 0 Å². The van der Waals surface area contributed by atoms with E-state index in [4.69, 9.17) is 9.47 Å². The van der Waals surface area contributed by atoms with Crippen LogP contribution in [-0.2, 0) is 9.47 Å². The standard InChI is InChI=1S/C15H18N2O2/c1-10-6-11-8-16-17(15-4-2-3-5-18-15)13(11)7-12(10)14-9-19-14/h6-8,14-15H,2-5,9H2,1H3. The first-order valence-corrected chi connectivity index (χ1v) is 7.04. The summed E-state index contributed by atoms with van der Waals surface area (Å²) in [6, 6.07) is 4.44. The number of hydrogen-bond donors (Lipinski definition) is 0. The highest BCUT2D eigenvalue weighted by Crippen LogP contribution is 2.35. The van der Waals surface area contributed by atoms with Crippen molar-refractivity contribution in [3.05, 3.63) is 29.5 Å². The Balaban J connectivity index is 1.80. The number of hydrogen-bond acceptors (Lipinski definition) is 3. The van der Waals surface area contributed by atoms with Crippen LogP contribution in [0.4, 0.5) is 0 Å². The predicted molar refractivity (Wildman–Crippen MR) is 72.0 cm³/mol. The third-order valence-electron chi connectivity index (χ3n) is 4.09. The van der Waals surface area contributed by atoms with Crippen LogP contribution < -0.4 is 0 Å². The van der Waals surface area contributed by atoms with Crippen molar-refractivity contribution >= 4 is 10.9 Å². The van der Waals surface area contributed by atoms with Gasteiger partial charge in [-0.25, -0.2) is 4.68 Å². The lowest BCUT2D eigenvalue weighted by atomic mass is 10.0. The van der Waals surface area contributed by atoms with Crippen LogP contribution in [-0.4, -0.2) is 23.0 Å². The zero-order chi connectivity index (χ0) is 12.8.